The molecule has 2 aromatic heterocycles. The average Bonchev–Trinajstić information content (AvgIpc) is 2.82. The summed E-state index contributed by atoms with van der Waals surface area (Å²) in [7, 11) is 1.92. The number of hydrogen-bond acceptors (Lipinski definition) is 3. The van der Waals surface area contributed by atoms with Gasteiger partial charge in [0, 0.05) is 18.8 Å². The minimum Gasteiger partial charge on any atom is -0.297 e. The summed E-state index contributed by atoms with van der Waals surface area (Å²) >= 11 is 1.47. The average molecular weight is 234 g/mol. The van der Waals surface area contributed by atoms with Crippen LogP contribution in [-0.4, -0.2) is 16.1 Å². The first-order valence-corrected chi connectivity index (χ1v) is 6.07. The fourth-order valence-corrected chi connectivity index (χ4v) is 2.42. The van der Waals surface area contributed by atoms with Crippen LogP contribution in [0, 0.1) is 0 Å². The molecule has 0 aliphatic carbocycles. The number of carbonyl (C=O) groups is 1. The van der Waals surface area contributed by atoms with Crippen molar-refractivity contribution in [3.05, 3.63) is 28.2 Å². The second kappa shape index (κ2) is 4.22. The van der Waals surface area contributed by atoms with Gasteiger partial charge in [-0.3, -0.25) is 9.48 Å². The summed E-state index contributed by atoms with van der Waals surface area (Å²) in [4.78, 5) is 11.4. The molecule has 0 radical (unpaired) electrons. The van der Waals surface area contributed by atoms with Gasteiger partial charge in [-0.25, -0.2) is 0 Å². The van der Waals surface area contributed by atoms with E-state index in [4.69, 9.17) is 0 Å². The molecule has 0 N–H and O–H groups in total. The van der Waals surface area contributed by atoms with Crippen LogP contribution in [0.4, 0.5) is 0 Å². The van der Waals surface area contributed by atoms with E-state index in [9.17, 15) is 4.79 Å². The van der Waals surface area contributed by atoms with Gasteiger partial charge in [0.05, 0.1) is 10.6 Å². The van der Waals surface area contributed by atoms with E-state index in [0.29, 0.717) is 5.92 Å². The van der Waals surface area contributed by atoms with E-state index in [0.717, 1.165) is 28.0 Å². The normalized spacial score (nSPS) is 11.0. The number of aromatic nitrogens is 2. The maximum absolute atomic E-state index is 10.7. The molecule has 0 fully saturated rings. The Hall–Kier alpha value is -1.42. The number of thiophene rings is 1. The van der Waals surface area contributed by atoms with E-state index < -0.39 is 0 Å². The van der Waals surface area contributed by atoms with Crippen LogP contribution < -0.4 is 0 Å². The van der Waals surface area contributed by atoms with Crippen LogP contribution in [-0.2, 0) is 7.05 Å². The van der Waals surface area contributed by atoms with Gasteiger partial charge in [0.2, 0.25) is 0 Å². The van der Waals surface area contributed by atoms with Crippen LogP contribution in [0.5, 0.6) is 0 Å². The maximum Gasteiger partial charge on any atom is 0.160 e. The summed E-state index contributed by atoms with van der Waals surface area (Å²) in [5, 5.41) is 6.46. The third-order valence-corrected chi connectivity index (χ3v) is 3.31. The van der Waals surface area contributed by atoms with Crippen LogP contribution in [0.25, 0.3) is 11.1 Å². The highest BCUT2D eigenvalue weighted by Crippen LogP contribution is 2.30. The van der Waals surface area contributed by atoms with Gasteiger partial charge in [-0.1, -0.05) is 13.8 Å². The lowest BCUT2D eigenvalue weighted by molar-refractivity contribution is 0.112. The Morgan fingerprint density at radius 3 is 2.81 bits per heavy atom. The van der Waals surface area contributed by atoms with E-state index in [1.807, 2.05) is 29.4 Å². The molecule has 2 aromatic rings. The Morgan fingerprint density at radius 2 is 2.25 bits per heavy atom. The summed E-state index contributed by atoms with van der Waals surface area (Å²) in [6, 6.07) is 1.92. The fourth-order valence-electron chi connectivity index (χ4n) is 1.71. The highest BCUT2D eigenvalue weighted by molar-refractivity contribution is 7.12. The van der Waals surface area contributed by atoms with Gasteiger partial charge >= 0.3 is 0 Å². The predicted molar refractivity (Wildman–Crippen MR) is 66.0 cm³/mol. The molecule has 4 heteroatoms. The summed E-state index contributed by atoms with van der Waals surface area (Å²) in [5.41, 5.74) is 3.29. The van der Waals surface area contributed by atoms with Gasteiger partial charge in [-0.05, 0) is 22.9 Å². The number of rotatable bonds is 3. The molecule has 0 saturated heterocycles. The quantitative estimate of drug-likeness (QED) is 0.765. The molecule has 0 saturated carbocycles. The highest BCUT2D eigenvalue weighted by Gasteiger charge is 2.14. The van der Waals surface area contributed by atoms with Crippen LogP contribution in [0.1, 0.15) is 35.1 Å². The largest absolute Gasteiger partial charge is 0.297 e. The maximum atomic E-state index is 10.7. The summed E-state index contributed by atoms with van der Waals surface area (Å²) in [6.45, 7) is 4.25. The smallest absolute Gasteiger partial charge is 0.160 e. The monoisotopic (exact) mass is 234 g/mol. The molecule has 84 valence electrons. The Bertz CT molecular complexity index is 511. The Morgan fingerprint density at radius 1 is 1.50 bits per heavy atom. The SMILES string of the molecule is CC(C)c1nn(C)cc1-c1csc(C=O)c1. The molecular weight excluding hydrogens is 220 g/mol. The lowest BCUT2D eigenvalue weighted by Gasteiger charge is -2.02. The van der Waals surface area contributed by atoms with Crippen molar-refractivity contribution in [2.24, 2.45) is 7.05 Å². The van der Waals surface area contributed by atoms with Gasteiger partial charge in [-0.2, -0.15) is 5.10 Å². The van der Waals surface area contributed by atoms with Crippen molar-refractivity contribution in [1.29, 1.82) is 0 Å². The fraction of sp³-hybridized carbons (Fsp3) is 0.333. The molecule has 0 bridgehead atoms. The lowest BCUT2D eigenvalue weighted by Crippen LogP contribution is -1.93. The second-order valence-electron chi connectivity index (χ2n) is 4.11. The summed E-state index contributed by atoms with van der Waals surface area (Å²) in [5.74, 6) is 0.385. The van der Waals surface area contributed by atoms with Gasteiger partial charge in [0.25, 0.3) is 0 Å². The zero-order valence-electron chi connectivity index (χ0n) is 9.60. The minimum absolute atomic E-state index is 0.385. The molecule has 0 amide bonds. The zero-order valence-corrected chi connectivity index (χ0v) is 10.4. The molecular formula is C12H14N2OS. The van der Waals surface area contributed by atoms with E-state index in [-0.39, 0.29) is 0 Å². The molecule has 0 spiro atoms. The molecule has 2 heterocycles. The second-order valence-corrected chi connectivity index (χ2v) is 5.05. The van der Waals surface area contributed by atoms with E-state index in [1.54, 1.807) is 0 Å². The van der Waals surface area contributed by atoms with Crippen molar-refractivity contribution in [2.45, 2.75) is 19.8 Å². The van der Waals surface area contributed by atoms with E-state index >= 15 is 0 Å². The molecule has 2 rings (SSSR count). The van der Waals surface area contributed by atoms with Crippen LogP contribution >= 0.6 is 11.3 Å². The van der Waals surface area contributed by atoms with Gasteiger partial charge in [0.1, 0.15) is 0 Å². The molecule has 0 aliphatic heterocycles. The van der Waals surface area contributed by atoms with Crippen molar-refractivity contribution < 1.29 is 4.79 Å². The lowest BCUT2D eigenvalue weighted by atomic mass is 10.0. The summed E-state index contributed by atoms with van der Waals surface area (Å²) in [6.07, 6.45) is 2.89. The van der Waals surface area contributed by atoms with Gasteiger partial charge in [0.15, 0.2) is 6.29 Å². The van der Waals surface area contributed by atoms with Gasteiger partial charge < -0.3 is 0 Å². The van der Waals surface area contributed by atoms with E-state index in [1.165, 1.54) is 11.3 Å². The standard InChI is InChI=1S/C12H14N2OS/c1-8(2)12-11(5-14(3)13-12)9-4-10(6-15)16-7-9/h4-8H,1-3H3. The number of aryl methyl sites for hydroxylation is 1. The molecule has 0 unspecified atom stereocenters. The summed E-state index contributed by atoms with van der Waals surface area (Å²) < 4.78 is 1.82. The Balaban J connectivity index is 2.50. The Labute approximate surface area is 98.7 Å². The van der Waals surface area contributed by atoms with Crippen LogP contribution in [0.2, 0.25) is 0 Å². The first-order chi connectivity index (χ1) is 7.61. The van der Waals surface area contributed by atoms with E-state index in [2.05, 4.69) is 18.9 Å². The third kappa shape index (κ3) is 1.93. The van der Waals surface area contributed by atoms with Crippen molar-refractivity contribution in [3.8, 4) is 11.1 Å². The minimum atomic E-state index is 0.385. The molecule has 3 nitrogen and oxygen atoms in total. The third-order valence-electron chi connectivity index (χ3n) is 2.45. The van der Waals surface area contributed by atoms with Crippen LogP contribution in [0.15, 0.2) is 17.6 Å². The number of aldehydes is 1. The number of nitrogens with zero attached hydrogens (tertiary/aromatic N) is 2. The zero-order chi connectivity index (χ0) is 11.7. The first-order valence-electron chi connectivity index (χ1n) is 5.19. The number of hydrogen-bond donors (Lipinski definition) is 0. The molecule has 0 atom stereocenters. The van der Waals surface area contributed by atoms with Gasteiger partial charge in [-0.15, -0.1) is 11.3 Å². The highest BCUT2D eigenvalue weighted by atomic mass is 32.1. The van der Waals surface area contributed by atoms with Crippen molar-refractivity contribution in [1.82, 2.24) is 9.78 Å². The van der Waals surface area contributed by atoms with Crippen LogP contribution in [0.3, 0.4) is 0 Å². The topological polar surface area (TPSA) is 34.9 Å². The predicted octanol–water partition coefficient (Wildman–Crippen LogP) is 3.08. The number of carbonyl (C=O) groups excluding carboxylic acids is 1. The molecule has 16 heavy (non-hydrogen) atoms. The Kier molecular flexibility index (Phi) is 2.92. The van der Waals surface area contributed by atoms with Crippen molar-refractivity contribution >= 4 is 17.6 Å². The van der Waals surface area contributed by atoms with Crippen molar-refractivity contribution in [2.75, 3.05) is 0 Å². The molecule has 0 aromatic carbocycles. The van der Waals surface area contributed by atoms with Crippen molar-refractivity contribution in [3.63, 3.8) is 0 Å². The first kappa shape index (κ1) is 11.1. The molecule has 0 aliphatic rings.